The molecule has 2 N–H and O–H groups in total. The Hall–Kier alpha value is -2.50. The second kappa shape index (κ2) is 6.51. The van der Waals surface area contributed by atoms with E-state index in [9.17, 15) is 9.18 Å². The summed E-state index contributed by atoms with van der Waals surface area (Å²) in [6, 6.07) is 9.37. The van der Waals surface area contributed by atoms with Crippen molar-refractivity contribution < 1.29 is 9.18 Å². The van der Waals surface area contributed by atoms with Crippen molar-refractivity contribution in [2.75, 3.05) is 10.6 Å². The Bertz CT molecular complexity index is 650. The second-order valence-electron chi connectivity index (χ2n) is 6.03. The van der Waals surface area contributed by atoms with Crippen molar-refractivity contribution in [2.45, 2.75) is 32.7 Å². The Morgan fingerprint density at radius 3 is 2.41 bits per heavy atom. The van der Waals surface area contributed by atoms with Gasteiger partial charge in [0.05, 0.1) is 6.42 Å². The van der Waals surface area contributed by atoms with Crippen LogP contribution in [-0.4, -0.2) is 21.6 Å². The first-order chi connectivity index (χ1) is 10.3. The Labute approximate surface area is 129 Å². The summed E-state index contributed by atoms with van der Waals surface area (Å²) in [5, 5.41) is 13.8. The average Bonchev–Trinajstić information content (AvgIpc) is 2.39. The van der Waals surface area contributed by atoms with Crippen LogP contribution in [0.4, 0.5) is 16.0 Å². The highest BCUT2D eigenvalue weighted by atomic mass is 19.1. The molecule has 0 aliphatic heterocycles. The molecule has 2 rings (SSSR count). The molecule has 0 saturated heterocycles. The van der Waals surface area contributed by atoms with Crippen molar-refractivity contribution in [1.29, 1.82) is 0 Å². The van der Waals surface area contributed by atoms with E-state index in [4.69, 9.17) is 0 Å². The van der Waals surface area contributed by atoms with Gasteiger partial charge in [0.1, 0.15) is 11.6 Å². The molecule has 5 nitrogen and oxygen atoms in total. The number of nitrogens with one attached hydrogen (secondary N) is 2. The van der Waals surface area contributed by atoms with E-state index >= 15 is 0 Å². The molecule has 1 aromatic heterocycles. The number of benzene rings is 1. The van der Waals surface area contributed by atoms with Crippen LogP contribution in [0.2, 0.25) is 0 Å². The Morgan fingerprint density at radius 1 is 1.14 bits per heavy atom. The molecule has 22 heavy (non-hydrogen) atoms. The van der Waals surface area contributed by atoms with E-state index in [1.54, 1.807) is 24.3 Å². The number of amides is 1. The molecule has 1 heterocycles. The predicted molar refractivity (Wildman–Crippen MR) is 84.1 cm³/mol. The van der Waals surface area contributed by atoms with Crippen LogP contribution in [0.5, 0.6) is 0 Å². The molecule has 0 radical (unpaired) electrons. The number of anilines is 2. The van der Waals surface area contributed by atoms with Crippen molar-refractivity contribution in [3.63, 3.8) is 0 Å². The lowest BCUT2D eigenvalue weighted by atomic mass is 10.1. The molecule has 6 heteroatoms. The van der Waals surface area contributed by atoms with Gasteiger partial charge in [-0.05, 0) is 50.6 Å². The number of carbonyl (C=O) groups excluding carboxylic acids is 1. The third kappa shape index (κ3) is 5.12. The van der Waals surface area contributed by atoms with Gasteiger partial charge in [0, 0.05) is 5.54 Å². The van der Waals surface area contributed by atoms with Gasteiger partial charge >= 0.3 is 0 Å². The van der Waals surface area contributed by atoms with Crippen LogP contribution in [-0.2, 0) is 11.2 Å². The molecule has 0 bridgehead atoms. The summed E-state index contributed by atoms with van der Waals surface area (Å²) in [5.41, 5.74) is 0.494. The summed E-state index contributed by atoms with van der Waals surface area (Å²) in [5.74, 6) is 0.371. The predicted octanol–water partition coefficient (Wildman–Crippen LogP) is 3.01. The van der Waals surface area contributed by atoms with Gasteiger partial charge in [-0.25, -0.2) is 4.39 Å². The molecule has 0 fully saturated rings. The molecule has 2 aromatic rings. The molecule has 0 saturated carbocycles. The standard InChI is InChI=1S/C16H19FN4O/c1-16(2,3)19-14-8-7-13(20-21-14)18-15(22)10-11-5-4-6-12(17)9-11/h4-9H,10H2,1-3H3,(H,19,21)(H,18,20,22). The van der Waals surface area contributed by atoms with Gasteiger partial charge in [0.15, 0.2) is 5.82 Å². The van der Waals surface area contributed by atoms with Gasteiger partial charge in [-0.1, -0.05) is 12.1 Å². The van der Waals surface area contributed by atoms with Crippen LogP contribution < -0.4 is 10.6 Å². The molecule has 0 unspecified atom stereocenters. The van der Waals surface area contributed by atoms with Crippen molar-refractivity contribution in [1.82, 2.24) is 10.2 Å². The number of nitrogens with zero attached hydrogens (tertiary/aromatic N) is 2. The van der Waals surface area contributed by atoms with E-state index in [1.165, 1.54) is 12.1 Å². The average molecular weight is 302 g/mol. The summed E-state index contributed by atoms with van der Waals surface area (Å²) in [4.78, 5) is 11.9. The Kier molecular flexibility index (Phi) is 4.70. The minimum atomic E-state index is -0.359. The fourth-order valence-electron chi connectivity index (χ4n) is 1.87. The maximum atomic E-state index is 13.1. The smallest absolute Gasteiger partial charge is 0.229 e. The third-order valence-corrected chi connectivity index (χ3v) is 2.69. The van der Waals surface area contributed by atoms with E-state index in [0.717, 1.165) is 0 Å². The molecule has 1 amide bonds. The maximum absolute atomic E-state index is 13.1. The molecule has 0 aliphatic rings. The van der Waals surface area contributed by atoms with Crippen molar-refractivity contribution in [2.24, 2.45) is 0 Å². The maximum Gasteiger partial charge on any atom is 0.229 e. The van der Waals surface area contributed by atoms with Crippen LogP contribution in [0.25, 0.3) is 0 Å². The highest BCUT2D eigenvalue weighted by molar-refractivity contribution is 5.91. The highest BCUT2D eigenvalue weighted by Crippen LogP contribution is 2.13. The van der Waals surface area contributed by atoms with Gasteiger partial charge in [-0.3, -0.25) is 4.79 Å². The minimum absolute atomic E-state index is 0.0848. The topological polar surface area (TPSA) is 66.9 Å². The SMILES string of the molecule is CC(C)(C)Nc1ccc(NC(=O)Cc2cccc(F)c2)nn1. The van der Waals surface area contributed by atoms with Crippen LogP contribution in [0.15, 0.2) is 36.4 Å². The quantitative estimate of drug-likeness (QED) is 0.911. The summed E-state index contributed by atoms with van der Waals surface area (Å²) >= 11 is 0. The first-order valence-corrected chi connectivity index (χ1v) is 6.98. The Morgan fingerprint density at radius 2 is 1.82 bits per heavy atom. The van der Waals surface area contributed by atoms with Crippen LogP contribution in [0.1, 0.15) is 26.3 Å². The number of aromatic nitrogens is 2. The first kappa shape index (κ1) is 15.9. The van der Waals surface area contributed by atoms with Crippen molar-refractivity contribution >= 4 is 17.5 Å². The zero-order valence-electron chi connectivity index (χ0n) is 12.9. The number of carbonyl (C=O) groups is 1. The van der Waals surface area contributed by atoms with Crippen molar-refractivity contribution in [3.05, 3.63) is 47.8 Å². The lowest BCUT2D eigenvalue weighted by molar-refractivity contribution is -0.115. The first-order valence-electron chi connectivity index (χ1n) is 6.98. The molecule has 116 valence electrons. The summed E-state index contributed by atoms with van der Waals surface area (Å²) in [7, 11) is 0. The molecule has 1 aromatic carbocycles. The molecule has 0 atom stereocenters. The monoisotopic (exact) mass is 302 g/mol. The van der Waals surface area contributed by atoms with Crippen LogP contribution in [0.3, 0.4) is 0 Å². The second-order valence-corrected chi connectivity index (χ2v) is 6.03. The highest BCUT2D eigenvalue weighted by Gasteiger charge is 2.11. The number of hydrogen-bond acceptors (Lipinski definition) is 4. The minimum Gasteiger partial charge on any atom is -0.364 e. The molecule has 0 spiro atoms. The fraction of sp³-hybridized carbons (Fsp3) is 0.312. The molecular weight excluding hydrogens is 283 g/mol. The molecular formula is C16H19FN4O. The number of hydrogen-bond donors (Lipinski definition) is 2. The van der Waals surface area contributed by atoms with Crippen molar-refractivity contribution in [3.8, 4) is 0 Å². The van der Waals surface area contributed by atoms with Crippen LogP contribution >= 0.6 is 0 Å². The summed E-state index contributed by atoms with van der Waals surface area (Å²) in [6.45, 7) is 6.05. The van der Waals surface area contributed by atoms with Crippen LogP contribution in [0, 0.1) is 5.82 Å². The lowest BCUT2D eigenvalue weighted by Gasteiger charge is -2.20. The number of rotatable bonds is 4. The Balaban J connectivity index is 1.94. The van der Waals surface area contributed by atoms with E-state index in [0.29, 0.717) is 17.2 Å². The third-order valence-electron chi connectivity index (χ3n) is 2.69. The lowest BCUT2D eigenvalue weighted by Crippen LogP contribution is -2.27. The summed E-state index contributed by atoms with van der Waals surface area (Å²) < 4.78 is 13.1. The fourth-order valence-corrected chi connectivity index (χ4v) is 1.87. The zero-order valence-corrected chi connectivity index (χ0v) is 12.9. The molecule has 0 aliphatic carbocycles. The van der Waals surface area contributed by atoms with Gasteiger partial charge in [0.25, 0.3) is 0 Å². The normalized spacial score (nSPS) is 11.1. The van der Waals surface area contributed by atoms with E-state index in [-0.39, 0.29) is 23.7 Å². The van der Waals surface area contributed by atoms with Gasteiger partial charge in [-0.15, -0.1) is 10.2 Å². The number of halogens is 1. The van der Waals surface area contributed by atoms with E-state index in [2.05, 4.69) is 20.8 Å². The van der Waals surface area contributed by atoms with E-state index < -0.39 is 0 Å². The van der Waals surface area contributed by atoms with Gasteiger partial charge in [0.2, 0.25) is 5.91 Å². The van der Waals surface area contributed by atoms with Gasteiger partial charge < -0.3 is 10.6 Å². The zero-order chi connectivity index (χ0) is 16.2. The van der Waals surface area contributed by atoms with Gasteiger partial charge in [-0.2, -0.15) is 0 Å². The van der Waals surface area contributed by atoms with E-state index in [1.807, 2.05) is 20.8 Å². The largest absolute Gasteiger partial charge is 0.364 e. The summed E-state index contributed by atoms with van der Waals surface area (Å²) in [6.07, 6.45) is 0.0848.